The fourth-order valence-electron chi connectivity index (χ4n) is 0.997. The number of aliphatic hydroxyl groups excluding tert-OH is 1. The van der Waals surface area contributed by atoms with E-state index in [9.17, 15) is 21.6 Å². The molecule has 0 unspecified atom stereocenters. The van der Waals surface area contributed by atoms with Crippen molar-refractivity contribution in [3.8, 4) is 5.75 Å². The average molecular weight is 282 g/mol. The van der Waals surface area contributed by atoms with Crippen molar-refractivity contribution in [2.24, 2.45) is 0 Å². The average Bonchev–Trinajstić information content (AvgIpc) is 2.26. The topological polar surface area (TPSA) is 63.6 Å². The first-order valence-electron chi connectivity index (χ1n) is 4.64. The summed E-state index contributed by atoms with van der Waals surface area (Å²) in [4.78, 5) is 0. The van der Waals surface area contributed by atoms with Crippen LogP contribution in [0.25, 0.3) is 6.08 Å². The van der Waals surface area contributed by atoms with Gasteiger partial charge in [-0.05, 0) is 17.7 Å². The SMILES string of the molecule is O=S(=O)(Oc1ccc(/C=C/CO)cc1)C(F)(F)F. The molecule has 0 aliphatic carbocycles. The Morgan fingerprint density at radius 2 is 1.78 bits per heavy atom. The summed E-state index contributed by atoms with van der Waals surface area (Å²) in [6.07, 6.45) is 2.93. The first-order chi connectivity index (χ1) is 8.26. The quantitative estimate of drug-likeness (QED) is 0.677. The van der Waals surface area contributed by atoms with E-state index >= 15 is 0 Å². The van der Waals surface area contributed by atoms with Gasteiger partial charge in [-0.15, -0.1) is 0 Å². The highest BCUT2D eigenvalue weighted by atomic mass is 32.2. The van der Waals surface area contributed by atoms with Gasteiger partial charge in [0.15, 0.2) is 0 Å². The van der Waals surface area contributed by atoms with Crippen molar-refractivity contribution in [3.05, 3.63) is 35.9 Å². The minimum absolute atomic E-state index is 0.180. The van der Waals surface area contributed by atoms with E-state index < -0.39 is 21.4 Å². The van der Waals surface area contributed by atoms with Crippen molar-refractivity contribution in [2.75, 3.05) is 6.61 Å². The molecule has 8 heteroatoms. The van der Waals surface area contributed by atoms with E-state index in [1.165, 1.54) is 24.3 Å². The van der Waals surface area contributed by atoms with E-state index in [1.807, 2.05) is 0 Å². The van der Waals surface area contributed by atoms with Crippen LogP contribution in [-0.4, -0.2) is 25.6 Å². The maximum atomic E-state index is 12.0. The third kappa shape index (κ3) is 3.74. The van der Waals surface area contributed by atoms with Gasteiger partial charge in [0.2, 0.25) is 0 Å². The largest absolute Gasteiger partial charge is 0.534 e. The van der Waals surface area contributed by atoms with Crippen LogP contribution in [0.2, 0.25) is 0 Å². The van der Waals surface area contributed by atoms with Crippen LogP contribution in [0.3, 0.4) is 0 Å². The molecule has 0 heterocycles. The van der Waals surface area contributed by atoms with Gasteiger partial charge in [-0.3, -0.25) is 0 Å². The van der Waals surface area contributed by atoms with Crippen LogP contribution in [0.1, 0.15) is 5.56 Å². The second kappa shape index (κ2) is 5.40. The van der Waals surface area contributed by atoms with Gasteiger partial charge in [0.1, 0.15) is 5.75 Å². The Balaban J connectivity index is 2.85. The fourth-order valence-corrected chi connectivity index (χ4v) is 1.46. The smallest absolute Gasteiger partial charge is 0.392 e. The number of benzene rings is 1. The summed E-state index contributed by atoms with van der Waals surface area (Å²) >= 11 is 0. The van der Waals surface area contributed by atoms with Crippen molar-refractivity contribution in [3.63, 3.8) is 0 Å². The third-order valence-electron chi connectivity index (χ3n) is 1.79. The van der Waals surface area contributed by atoms with Gasteiger partial charge in [0, 0.05) is 0 Å². The van der Waals surface area contributed by atoms with Gasteiger partial charge in [0.25, 0.3) is 0 Å². The Hall–Kier alpha value is -1.54. The normalized spacial score (nSPS) is 12.9. The van der Waals surface area contributed by atoms with Crippen molar-refractivity contribution in [2.45, 2.75) is 5.51 Å². The molecule has 0 radical (unpaired) electrons. The Morgan fingerprint density at radius 1 is 1.22 bits per heavy atom. The molecule has 18 heavy (non-hydrogen) atoms. The highest BCUT2D eigenvalue weighted by molar-refractivity contribution is 7.87. The highest BCUT2D eigenvalue weighted by Crippen LogP contribution is 2.27. The van der Waals surface area contributed by atoms with Crippen LogP contribution in [0.4, 0.5) is 13.2 Å². The summed E-state index contributed by atoms with van der Waals surface area (Å²) in [5, 5.41) is 8.51. The molecule has 0 aliphatic rings. The zero-order valence-electron chi connectivity index (χ0n) is 8.89. The molecular weight excluding hydrogens is 273 g/mol. The van der Waals surface area contributed by atoms with Crippen molar-refractivity contribution in [1.29, 1.82) is 0 Å². The van der Waals surface area contributed by atoms with Crippen molar-refractivity contribution < 1.29 is 30.9 Å². The summed E-state index contributed by atoms with van der Waals surface area (Å²) in [6, 6.07) is 4.88. The van der Waals surface area contributed by atoms with Gasteiger partial charge in [-0.1, -0.05) is 24.3 Å². The second-order valence-electron chi connectivity index (χ2n) is 3.14. The lowest BCUT2D eigenvalue weighted by Crippen LogP contribution is -2.28. The number of hydrogen-bond acceptors (Lipinski definition) is 4. The lowest BCUT2D eigenvalue weighted by atomic mass is 10.2. The highest BCUT2D eigenvalue weighted by Gasteiger charge is 2.48. The van der Waals surface area contributed by atoms with Crippen LogP contribution in [-0.2, 0) is 10.1 Å². The number of aliphatic hydroxyl groups is 1. The Labute approximate surface area is 101 Å². The standard InChI is InChI=1S/C10H9F3O4S/c11-10(12,13)18(15,16)17-9-5-3-8(4-6-9)2-1-7-14/h1-6,14H,7H2/b2-1+. The predicted molar refractivity (Wildman–Crippen MR) is 58.2 cm³/mol. The van der Waals surface area contributed by atoms with E-state index in [4.69, 9.17) is 5.11 Å². The van der Waals surface area contributed by atoms with Gasteiger partial charge in [0.05, 0.1) is 6.61 Å². The summed E-state index contributed by atoms with van der Waals surface area (Å²) in [5.41, 5.74) is -4.87. The van der Waals surface area contributed by atoms with E-state index in [0.29, 0.717) is 5.56 Å². The Bertz CT molecular complexity index is 517. The minimum Gasteiger partial charge on any atom is -0.392 e. The van der Waals surface area contributed by atoms with E-state index in [2.05, 4.69) is 4.18 Å². The Kier molecular flexibility index (Phi) is 4.36. The molecule has 0 amide bonds. The van der Waals surface area contributed by atoms with Crippen LogP contribution >= 0.6 is 0 Å². The van der Waals surface area contributed by atoms with Crippen LogP contribution in [0, 0.1) is 0 Å². The molecule has 1 rings (SSSR count). The maximum absolute atomic E-state index is 12.0. The van der Waals surface area contributed by atoms with Crippen molar-refractivity contribution in [1.82, 2.24) is 0 Å². The molecule has 0 atom stereocenters. The molecule has 0 spiro atoms. The maximum Gasteiger partial charge on any atom is 0.534 e. The van der Waals surface area contributed by atoms with Crippen LogP contribution < -0.4 is 4.18 Å². The molecular formula is C10H9F3O4S. The molecule has 0 saturated heterocycles. The summed E-state index contributed by atoms with van der Waals surface area (Å²) < 4.78 is 61.3. The molecule has 1 aromatic carbocycles. The molecule has 0 aromatic heterocycles. The van der Waals surface area contributed by atoms with E-state index in [0.717, 1.165) is 12.1 Å². The monoisotopic (exact) mass is 282 g/mol. The molecule has 100 valence electrons. The fraction of sp³-hybridized carbons (Fsp3) is 0.200. The summed E-state index contributed by atoms with van der Waals surface area (Å²) in [6.45, 7) is -0.180. The second-order valence-corrected chi connectivity index (χ2v) is 4.68. The van der Waals surface area contributed by atoms with Gasteiger partial charge >= 0.3 is 15.6 Å². The lowest BCUT2D eigenvalue weighted by molar-refractivity contribution is -0.0500. The lowest BCUT2D eigenvalue weighted by Gasteiger charge is -2.09. The summed E-state index contributed by atoms with van der Waals surface area (Å²) in [7, 11) is -5.64. The number of halogens is 3. The number of rotatable bonds is 4. The molecule has 0 fully saturated rings. The molecule has 0 saturated carbocycles. The predicted octanol–water partition coefficient (Wildman–Crippen LogP) is 1.92. The molecule has 4 nitrogen and oxygen atoms in total. The Morgan fingerprint density at radius 3 is 2.22 bits per heavy atom. The molecule has 1 N–H and O–H groups in total. The summed E-state index contributed by atoms with van der Waals surface area (Å²) in [5.74, 6) is -0.437. The van der Waals surface area contributed by atoms with Crippen LogP contribution in [0.15, 0.2) is 30.3 Å². The molecule has 0 aliphatic heterocycles. The molecule has 0 bridgehead atoms. The number of hydrogen-bond donors (Lipinski definition) is 1. The zero-order valence-corrected chi connectivity index (χ0v) is 9.70. The van der Waals surface area contributed by atoms with Gasteiger partial charge < -0.3 is 9.29 Å². The van der Waals surface area contributed by atoms with Gasteiger partial charge in [-0.2, -0.15) is 21.6 Å². The van der Waals surface area contributed by atoms with Gasteiger partial charge in [-0.25, -0.2) is 0 Å². The first-order valence-corrected chi connectivity index (χ1v) is 6.05. The first kappa shape index (κ1) is 14.5. The minimum atomic E-state index is -5.64. The van der Waals surface area contributed by atoms with Crippen molar-refractivity contribution >= 4 is 16.2 Å². The van der Waals surface area contributed by atoms with E-state index in [1.54, 1.807) is 0 Å². The zero-order chi connectivity index (χ0) is 13.8. The molecule has 1 aromatic rings. The number of alkyl halides is 3. The van der Waals surface area contributed by atoms with Crippen LogP contribution in [0.5, 0.6) is 5.75 Å². The third-order valence-corrected chi connectivity index (χ3v) is 2.76. The van der Waals surface area contributed by atoms with E-state index in [-0.39, 0.29) is 6.61 Å².